The molecule has 3 aliphatic rings. The Morgan fingerprint density at radius 3 is 2.01 bits per heavy atom. The summed E-state index contributed by atoms with van der Waals surface area (Å²) in [5.74, 6) is -0.576. The van der Waals surface area contributed by atoms with Crippen LogP contribution in [0.2, 0.25) is 0 Å². The van der Waals surface area contributed by atoms with Crippen molar-refractivity contribution in [2.45, 2.75) is 88.6 Å². The summed E-state index contributed by atoms with van der Waals surface area (Å²) in [5, 5.41) is 36.6. The topological polar surface area (TPSA) is 217 Å². The number of pyridine rings is 1. The Morgan fingerprint density at radius 1 is 0.718 bits per heavy atom. The molecule has 0 saturated carbocycles. The Hall–Kier alpha value is -6.25. The number of thioether (sulfide) groups is 2. The first-order valence-corrected chi connectivity index (χ1v) is 30.1. The SMILES string of the molecule is CSCC[C@@H](C(=O)O)N(C[C@@H]1CCCN1C(=O)CNc1ccccn1)C(=O)CNCc1cccc2ccccc12.CSCC[C@H](NC(=O)CN(Cc1cccc2ccccc12)C[C@@H]1CCCN1C(=O)C1CCCNC1)C(=O)O. The van der Waals surface area contributed by atoms with Gasteiger partial charge in [-0.1, -0.05) is 91.0 Å². The molecule has 0 spiro atoms. The molecule has 418 valence electrons. The molecule has 1 unspecified atom stereocenters. The molecular weight excluding hydrogens is 1030 g/mol. The van der Waals surface area contributed by atoms with Crippen molar-refractivity contribution in [2.75, 3.05) is 88.2 Å². The molecule has 0 bridgehead atoms. The fourth-order valence-corrected chi connectivity index (χ4v) is 11.8. The second-order valence-electron chi connectivity index (χ2n) is 20.3. The molecule has 6 N–H and O–H groups in total. The van der Waals surface area contributed by atoms with E-state index in [0.717, 1.165) is 90.8 Å². The molecule has 19 heteroatoms. The quantitative estimate of drug-likeness (QED) is 0.0353. The third kappa shape index (κ3) is 17.1. The van der Waals surface area contributed by atoms with E-state index >= 15 is 0 Å². The van der Waals surface area contributed by atoms with Crippen molar-refractivity contribution in [1.82, 2.24) is 40.5 Å². The second-order valence-corrected chi connectivity index (χ2v) is 22.3. The maximum Gasteiger partial charge on any atom is 0.326 e. The van der Waals surface area contributed by atoms with Gasteiger partial charge in [-0.25, -0.2) is 14.6 Å². The number of fused-ring (bicyclic) bond motifs is 2. The van der Waals surface area contributed by atoms with Gasteiger partial charge in [-0.05, 0) is 127 Å². The fourth-order valence-electron chi connectivity index (χ4n) is 10.9. The number of carboxylic acids is 2. The number of hydrogen-bond acceptors (Lipinski definition) is 13. The zero-order valence-corrected chi connectivity index (χ0v) is 46.7. The van der Waals surface area contributed by atoms with Crippen LogP contribution >= 0.6 is 23.5 Å². The summed E-state index contributed by atoms with van der Waals surface area (Å²) in [5.41, 5.74) is 2.18. The largest absolute Gasteiger partial charge is 0.480 e. The van der Waals surface area contributed by atoms with Gasteiger partial charge in [0.05, 0.1) is 25.6 Å². The van der Waals surface area contributed by atoms with E-state index in [1.165, 1.54) is 4.90 Å². The maximum absolute atomic E-state index is 13.6. The van der Waals surface area contributed by atoms with Gasteiger partial charge in [0, 0.05) is 64.1 Å². The van der Waals surface area contributed by atoms with Gasteiger partial charge in [-0.3, -0.25) is 24.1 Å². The summed E-state index contributed by atoms with van der Waals surface area (Å²) in [6.45, 7) is 5.00. The Bertz CT molecular complexity index is 2760. The predicted octanol–water partition coefficient (Wildman–Crippen LogP) is 6.42. The van der Waals surface area contributed by atoms with Crippen LogP contribution in [-0.2, 0) is 41.9 Å². The van der Waals surface area contributed by atoms with E-state index in [0.29, 0.717) is 56.3 Å². The molecule has 4 amide bonds. The van der Waals surface area contributed by atoms with Crippen LogP contribution in [0.1, 0.15) is 62.5 Å². The number of hydrogen-bond donors (Lipinski definition) is 6. The van der Waals surface area contributed by atoms with Gasteiger partial charge in [0.25, 0.3) is 0 Å². The highest BCUT2D eigenvalue weighted by Gasteiger charge is 2.37. The minimum Gasteiger partial charge on any atom is -0.480 e. The van der Waals surface area contributed by atoms with Crippen LogP contribution in [-0.4, -0.2) is 177 Å². The van der Waals surface area contributed by atoms with Crippen LogP contribution in [0, 0.1) is 5.92 Å². The minimum absolute atomic E-state index is 0.00810. The number of nitrogens with zero attached hydrogens (tertiary/aromatic N) is 5. The number of aliphatic carboxylic acids is 2. The van der Waals surface area contributed by atoms with E-state index in [2.05, 4.69) is 73.6 Å². The zero-order chi connectivity index (χ0) is 55.2. The van der Waals surface area contributed by atoms with Crippen molar-refractivity contribution in [2.24, 2.45) is 5.92 Å². The average Bonchev–Trinajstić information content (AvgIpc) is 4.14. The lowest BCUT2D eigenvalue weighted by molar-refractivity contribution is -0.151. The van der Waals surface area contributed by atoms with Crippen LogP contribution in [0.4, 0.5) is 5.82 Å². The Labute approximate surface area is 467 Å². The van der Waals surface area contributed by atoms with Crippen LogP contribution in [0.5, 0.6) is 0 Å². The van der Waals surface area contributed by atoms with Gasteiger partial charge in [-0.15, -0.1) is 0 Å². The highest BCUT2D eigenvalue weighted by atomic mass is 32.2. The summed E-state index contributed by atoms with van der Waals surface area (Å²) in [7, 11) is 0. The number of anilines is 1. The summed E-state index contributed by atoms with van der Waals surface area (Å²) < 4.78 is 0. The Kier molecular flexibility index (Phi) is 23.4. The summed E-state index contributed by atoms with van der Waals surface area (Å²) in [4.78, 5) is 88.7. The lowest BCUT2D eigenvalue weighted by atomic mass is 9.97. The third-order valence-electron chi connectivity index (χ3n) is 14.9. The fraction of sp³-hybridized carbons (Fsp3) is 0.475. The number of carbonyl (C=O) groups is 6. The van der Waals surface area contributed by atoms with Crippen molar-refractivity contribution in [3.8, 4) is 0 Å². The first-order chi connectivity index (χ1) is 37.9. The van der Waals surface area contributed by atoms with Crippen molar-refractivity contribution in [3.05, 3.63) is 120 Å². The molecule has 5 aromatic rings. The zero-order valence-electron chi connectivity index (χ0n) is 45.0. The lowest BCUT2D eigenvalue weighted by Gasteiger charge is -2.34. The van der Waals surface area contributed by atoms with Gasteiger partial charge in [0.2, 0.25) is 23.6 Å². The molecule has 3 saturated heterocycles. The number of likely N-dealkylation sites (tertiary alicyclic amines) is 2. The van der Waals surface area contributed by atoms with Gasteiger partial charge in [0.1, 0.15) is 17.9 Å². The van der Waals surface area contributed by atoms with Gasteiger partial charge < -0.3 is 46.2 Å². The molecular formula is C59H77N9O8S2. The van der Waals surface area contributed by atoms with Crippen LogP contribution in [0.25, 0.3) is 21.5 Å². The second kappa shape index (κ2) is 30.8. The van der Waals surface area contributed by atoms with E-state index in [4.69, 9.17) is 0 Å². The number of nitrogens with one attached hydrogen (secondary N) is 4. The highest BCUT2D eigenvalue weighted by Crippen LogP contribution is 2.27. The predicted molar refractivity (Wildman–Crippen MR) is 311 cm³/mol. The number of amides is 4. The monoisotopic (exact) mass is 1100 g/mol. The lowest BCUT2D eigenvalue weighted by Crippen LogP contribution is -2.54. The van der Waals surface area contributed by atoms with E-state index in [1.807, 2.05) is 72.0 Å². The number of carboxylic acid groups (broad SMARTS) is 2. The molecule has 78 heavy (non-hydrogen) atoms. The summed E-state index contributed by atoms with van der Waals surface area (Å²) >= 11 is 3.11. The number of aromatic nitrogens is 1. The van der Waals surface area contributed by atoms with Crippen LogP contribution in [0.3, 0.4) is 0 Å². The van der Waals surface area contributed by atoms with Crippen molar-refractivity contribution in [1.29, 1.82) is 0 Å². The molecule has 0 aliphatic carbocycles. The highest BCUT2D eigenvalue weighted by molar-refractivity contribution is 7.98. The van der Waals surface area contributed by atoms with Crippen LogP contribution < -0.4 is 21.3 Å². The Balaban J connectivity index is 0.000000226. The number of piperidine rings is 1. The minimum atomic E-state index is -1.02. The summed E-state index contributed by atoms with van der Waals surface area (Å²) in [6.07, 6.45) is 11.6. The van der Waals surface area contributed by atoms with E-state index in [1.54, 1.807) is 40.7 Å². The molecule has 17 nitrogen and oxygen atoms in total. The number of benzene rings is 4. The molecule has 1 aromatic heterocycles. The van der Waals surface area contributed by atoms with Gasteiger partial charge in [0.15, 0.2) is 0 Å². The van der Waals surface area contributed by atoms with Crippen molar-refractivity contribution >= 4 is 86.5 Å². The number of carbonyl (C=O) groups excluding carboxylic acids is 4. The molecule has 4 aromatic carbocycles. The molecule has 3 aliphatic heterocycles. The van der Waals surface area contributed by atoms with E-state index in [-0.39, 0.29) is 67.8 Å². The first kappa shape index (κ1) is 59.4. The van der Waals surface area contributed by atoms with Crippen LogP contribution in [0.15, 0.2) is 109 Å². The van der Waals surface area contributed by atoms with Crippen molar-refractivity contribution < 1.29 is 39.0 Å². The molecule has 3 fully saturated rings. The number of rotatable bonds is 26. The van der Waals surface area contributed by atoms with E-state index < -0.39 is 24.0 Å². The molecule has 8 rings (SSSR count). The molecule has 4 heterocycles. The average molecular weight is 1100 g/mol. The molecule has 5 atom stereocenters. The smallest absolute Gasteiger partial charge is 0.326 e. The normalized spacial score (nSPS) is 18.0. The van der Waals surface area contributed by atoms with Gasteiger partial charge in [-0.2, -0.15) is 23.5 Å². The first-order valence-electron chi connectivity index (χ1n) is 27.3. The molecule has 0 radical (unpaired) electrons. The van der Waals surface area contributed by atoms with Gasteiger partial charge >= 0.3 is 11.9 Å². The standard InChI is InChI=1S/C30H37N5O4S.C29H40N4O4S/c1-40-17-14-26(30(38)39)35(28(36)19-31-18-23-10-6-9-22-8-2-3-12-25(22)23)21-24-11-7-16-34(24)29(37)20-33-27-13-4-5-15-32-27;1-38-16-13-26(29(36)37)31-27(34)20-32(18-23-9-4-8-21-7-2-3-12-25(21)23)19-24-11-6-15-33(24)28(35)22-10-5-14-30-17-22/h2-6,8-10,12-13,15,24,26,31H,7,11,14,16-21H2,1H3,(H,32,33)(H,38,39);2-4,7-9,12,22,24,26,30H,5-6,10-11,13-20H2,1H3,(H,31,34)(H,36,37)/t24-,26-;22?,24-,26-/m00/s1. The van der Waals surface area contributed by atoms with E-state index in [9.17, 15) is 39.0 Å². The van der Waals surface area contributed by atoms with Crippen molar-refractivity contribution in [3.63, 3.8) is 0 Å². The summed E-state index contributed by atoms with van der Waals surface area (Å²) in [6, 6.07) is 31.9. The maximum atomic E-state index is 13.6. The third-order valence-corrected chi connectivity index (χ3v) is 16.2. The Morgan fingerprint density at radius 2 is 1.36 bits per heavy atom.